The molecule has 0 aliphatic rings. The van der Waals surface area contributed by atoms with E-state index in [-0.39, 0.29) is 11.9 Å². The van der Waals surface area contributed by atoms with Crippen molar-refractivity contribution in [3.8, 4) is 0 Å². The lowest BCUT2D eigenvalue weighted by Crippen LogP contribution is -2.29. The van der Waals surface area contributed by atoms with E-state index in [4.69, 9.17) is 0 Å². The van der Waals surface area contributed by atoms with Gasteiger partial charge in [0.25, 0.3) is 0 Å². The highest BCUT2D eigenvalue weighted by atomic mass is 32.2. The first kappa shape index (κ1) is 16.1. The standard InChI is InChI=1S/C15H24N2OS/c1-11(8-9-19-4)16-12(2)14-6-5-7-15(10-14)17-13(3)18/h5-7,10-12,16H,8-9H2,1-4H3,(H,17,18). The highest BCUT2D eigenvalue weighted by Gasteiger charge is 2.09. The third-order valence-electron chi connectivity index (χ3n) is 3.00. The molecule has 1 aromatic carbocycles. The molecule has 0 aromatic heterocycles. The van der Waals surface area contributed by atoms with Gasteiger partial charge in [-0.2, -0.15) is 11.8 Å². The Morgan fingerprint density at radius 3 is 2.74 bits per heavy atom. The van der Waals surface area contributed by atoms with E-state index in [1.807, 2.05) is 30.0 Å². The van der Waals surface area contributed by atoms with Crippen molar-refractivity contribution in [1.82, 2.24) is 5.32 Å². The second-order valence-electron chi connectivity index (χ2n) is 4.88. The summed E-state index contributed by atoms with van der Waals surface area (Å²) < 4.78 is 0. The maximum atomic E-state index is 11.1. The van der Waals surface area contributed by atoms with Crippen molar-refractivity contribution in [2.75, 3.05) is 17.3 Å². The van der Waals surface area contributed by atoms with Gasteiger partial charge in [0.15, 0.2) is 0 Å². The number of amides is 1. The van der Waals surface area contributed by atoms with E-state index in [1.165, 1.54) is 18.2 Å². The van der Waals surface area contributed by atoms with Gasteiger partial charge >= 0.3 is 0 Å². The van der Waals surface area contributed by atoms with Gasteiger partial charge in [0, 0.05) is 24.7 Å². The first-order valence-electron chi connectivity index (χ1n) is 6.65. The normalized spacial score (nSPS) is 13.9. The number of thioether (sulfide) groups is 1. The summed E-state index contributed by atoms with van der Waals surface area (Å²) in [5.74, 6) is 1.14. The van der Waals surface area contributed by atoms with Crippen LogP contribution in [-0.4, -0.2) is 24.0 Å². The number of nitrogens with one attached hydrogen (secondary N) is 2. The monoisotopic (exact) mass is 280 g/mol. The highest BCUT2D eigenvalue weighted by Crippen LogP contribution is 2.18. The summed E-state index contributed by atoms with van der Waals surface area (Å²) in [6.07, 6.45) is 3.30. The summed E-state index contributed by atoms with van der Waals surface area (Å²) in [6, 6.07) is 8.78. The van der Waals surface area contributed by atoms with Gasteiger partial charge in [0.1, 0.15) is 0 Å². The maximum absolute atomic E-state index is 11.1. The molecule has 3 nitrogen and oxygen atoms in total. The molecule has 106 valence electrons. The Morgan fingerprint density at radius 2 is 2.11 bits per heavy atom. The Labute approximate surface area is 120 Å². The molecule has 1 aromatic rings. The molecule has 19 heavy (non-hydrogen) atoms. The van der Waals surface area contributed by atoms with Crippen LogP contribution >= 0.6 is 11.8 Å². The Morgan fingerprint density at radius 1 is 1.37 bits per heavy atom. The zero-order valence-electron chi connectivity index (χ0n) is 12.2. The van der Waals surface area contributed by atoms with Crippen LogP contribution in [-0.2, 0) is 4.79 Å². The molecule has 0 radical (unpaired) electrons. The lowest BCUT2D eigenvalue weighted by atomic mass is 10.1. The molecule has 0 bridgehead atoms. The quantitative estimate of drug-likeness (QED) is 0.804. The Balaban J connectivity index is 2.60. The topological polar surface area (TPSA) is 41.1 Å². The number of hydrogen-bond acceptors (Lipinski definition) is 3. The maximum Gasteiger partial charge on any atom is 0.221 e. The van der Waals surface area contributed by atoms with Crippen LogP contribution in [0.25, 0.3) is 0 Å². The first-order chi connectivity index (χ1) is 9.02. The summed E-state index contributed by atoms with van der Waals surface area (Å²) in [5, 5.41) is 6.40. The van der Waals surface area contributed by atoms with E-state index in [0.717, 1.165) is 12.1 Å². The molecular formula is C15H24N2OS. The molecule has 2 atom stereocenters. The van der Waals surface area contributed by atoms with Crippen molar-refractivity contribution in [3.63, 3.8) is 0 Å². The molecule has 4 heteroatoms. The minimum atomic E-state index is -0.0360. The van der Waals surface area contributed by atoms with Gasteiger partial charge in [0.2, 0.25) is 5.91 Å². The third-order valence-corrected chi connectivity index (χ3v) is 3.64. The van der Waals surface area contributed by atoms with E-state index in [0.29, 0.717) is 6.04 Å². The first-order valence-corrected chi connectivity index (χ1v) is 8.05. The lowest BCUT2D eigenvalue weighted by Gasteiger charge is -2.20. The van der Waals surface area contributed by atoms with Crippen LogP contribution in [0, 0.1) is 0 Å². The molecule has 0 saturated carbocycles. The molecule has 0 fully saturated rings. The average molecular weight is 280 g/mol. The fourth-order valence-corrected chi connectivity index (χ4v) is 2.58. The van der Waals surface area contributed by atoms with Gasteiger partial charge in [-0.15, -0.1) is 0 Å². The number of benzene rings is 1. The zero-order chi connectivity index (χ0) is 14.3. The van der Waals surface area contributed by atoms with Crippen molar-refractivity contribution >= 4 is 23.4 Å². The SMILES string of the molecule is CSCCC(C)NC(C)c1cccc(NC(C)=O)c1. The van der Waals surface area contributed by atoms with Gasteiger partial charge in [-0.3, -0.25) is 4.79 Å². The molecule has 1 rings (SSSR count). The van der Waals surface area contributed by atoms with Crippen LogP contribution in [0.15, 0.2) is 24.3 Å². The highest BCUT2D eigenvalue weighted by molar-refractivity contribution is 7.98. The summed E-state index contributed by atoms with van der Waals surface area (Å²) in [5.41, 5.74) is 2.05. The molecule has 0 aliphatic carbocycles. The zero-order valence-corrected chi connectivity index (χ0v) is 13.0. The van der Waals surface area contributed by atoms with Gasteiger partial charge < -0.3 is 10.6 Å². The summed E-state index contributed by atoms with van der Waals surface area (Å²) >= 11 is 1.87. The molecule has 0 saturated heterocycles. The number of hydrogen-bond donors (Lipinski definition) is 2. The average Bonchev–Trinajstić information content (AvgIpc) is 2.35. The smallest absolute Gasteiger partial charge is 0.221 e. The molecule has 2 unspecified atom stereocenters. The van der Waals surface area contributed by atoms with Crippen molar-refractivity contribution in [2.45, 2.75) is 39.3 Å². The number of rotatable bonds is 7. The van der Waals surface area contributed by atoms with E-state index < -0.39 is 0 Å². The molecule has 2 N–H and O–H groups in total. The second-order valence-corrected chi connectivity index (χ2v) is 5.86. The third kappa shape index (κ3) is 6.12. The van der Waals surface area contributed by atoms with Crippen molar-refractivity contribution in [2.24, 2.45) is 0 Å². The van der Waals surface area contributed by atoms with Crippen LogP contribution in [0.2, 0.25) is 0 Å². The molecule has 0 spiro atoms. The number of anilines is 1. The van der Waals surface area contributed by atoms with Gasteiger partial charge in [-0.1, -0.05) is 12.1 Å². The van der Waals surface area contributed by atoms with E-state index in [1.54, 1.807) is 0 Å². The fourth-order valence-electron chi connectivity index (χ4n) is 1.99. The molecule has 0 aliphatic heterocycles. The fraction of sp³-hybridized carbons (Fsp3) is 0.533. The van der Waals surface area contributed by atoms with Gasteiger partial charge in [0.05, 0.1) is 0 Å². The van der Waals surface area contributed by atoms with Crippen LogP contribution < -0.4 is 10.6 Å². The van der Waals surface area contributed by atoms with E-state index in [9.17, 15) is 4.79 Å². The van der Waals surface area contributed by atoms with Crippen LogP contribution in [0.4, 0.5) is 5.69 Å². The summed E-state index contributed by atoms with van der Waals surface area (Å²) in [6.45, 7) is 5.89. The second kappa shape index (κ2) is 8.23. The van der Waals surface area contributed by atoms with E-state index >= 15 is 0 Å². The lowest BCUT2D eigenvalue weighted by molar-refractivity contribution is -0.114. The van der Waals surface area contributed by atoms with Crippen molar-refractivity contribution < 1.29 is 4.79 Å². The molecule has 1 amide bonds. The minimum absolute atomic E-state index is 0.0360. The van der Waals surface area contributed by atoms with E-state index in [2.05, 4.69) is 36.8 Å². The largest absolute Gasteiger partial charge is 0.326 e. The van der Waals surface area contributed by atoms with Gasteiger partial charge in [-0.05, 0) is 50.0 Å². The van der Waals surface area contributed by atoms with Crippen molar-refractivity contribution in [1.29, 1.82) is 0 Å². The molecule has 0 heterocycles. The van der Waals surface area contributed by atoms with Crippen LogP contribution in [0.5, 0.6) is 0 Å². The Bertz CT molecular complexity index is 409. The Hall–Kier alpha value is -1.00. The number of carbonyl (C=O) groups excluding carboxylic acids is 1. The van der Waals surface area contributed by atoms with Crippen molar-refractivity contribution in [3.05, 3.63) is 29.8 Å². The Kier molecular flexibility index (Phi) is 6.95. The minimum Gasteiger partial charge on any atom is -0.326 e. The van der Waals surface area contributed by atoms with Crippen LogP contribution in [0.1, 0.15) is 38.8 Å². The van der Waals surface area contributed by atoms with Crippen LogP contribution in [0.3, 0.4) is 0 Å². The number of carbonyl (C=O) groups is 1. The summed E-state index contributed by atoms with van der Waals surface area (Å²) in [4.78, 5) is 11.1. The summed E-state index contributed by atoms with van der Waals surface area (Å²) in [7, 11) is 0. The van der Waals surface area contributed by atoms with Gasteiger partial charge in [-0.25, -0.2) is 0 Å². The predicted molar refractivity (Wildman–Crippen MR) is 84.8 cm³/mol. The predicted octanol–water partition coefficient (Wildman–Crippen LogP) is 3.44. The molecular weight excluding hydrogens is 256 g/mol.